The molecule has 3 N–H and O–H groups in total. The summed E-state index contributed by atoms with van der Waals surface area (Å²) < 4.78 is 5.55. The van der Waals surface area contributed by atoms with E-state index in [1.54, 1.807) is 24.3 Å². The first-order chi connectivity index (χ1) is 10.0. The van der Waals surface area contributed by atoms with Gasteiger partial charge < -0.3 is 15.8 Å². The number of ether oxygens (including phenoxy) is 1. The van der Waals surface area contributed by atoms with Crippen molar-refractivity contribution in [2.75, 3.05) is 31.6 Å². The molecular weight excluding hydrogens is 270 g/mol. The molecule has 21 heavy (non-hydrogen) atoms. The molecule has 0 radical (unpaired) electrons. The fourth-order valence-corrected chi connectivity index (χ4v) is 2.35. The molecule has 1 fully saturated rings. The van der Waals surface area contributed by atoms with Crippen molar-refractivity contribution < 1.29 is 14.3 Å². The Morgan fingerprint density at radius 3 is 2.76 bits per heavy atom. The van der Waals surface area contributed by atoms with Gasteiger partial charge in [0.15, 0.2) is 0 Å². The maximum atomic E-state index is 12.0. The third-order valence-electron chi connectivity index (χ3n) is 3.36. The van der Waals surface area contributed by atoms with Crippen LogP contribution in [0, 0.1) is 0 Å². The minimum absolute atomic E-state index is 0.0732. The second kappa shape index (κ2) is 7.19. The van der Waals surface area contributed by atoms with Gasteiger partial charge in [0, 0.05) is 30.9 Å². The Balaban J connectivity index is 1.87. The summed E-state index contributed by atoms with van der Waals surface area (Å²) in [6, 6.07) is 6.54. The third-order valence-corrected chi connectivity index (χ3v) is 3.36. The van der Waals surface area contributed by atoms with Crippen LogP contribution >= 0.6 is 0 Å². The highest BCUT2D eigenvalue weighted by atomic mass is 16.5. The third kappa shape index (κ3) is 4.84. The SMILES string of the molecule is C[C@@H]1CN(CC(=O)Nc2ccc(C(N)=O)cc2)CCCO1. The van der Waals surface area contributed by atoms with Gasteiger partial charge in [0.25, 0.3) is 0 Å². The molecule has 1 aliphatic heterocycles. The lowest BCUT2D eigenvalue weighted by Gasteiger charge is -2.21. The lowest BCUT2D eigenvalue weighted by Crippen LogP contribution is -2.37. The average molecular weight is 291 g/mol. The number of nitrogens with zero attached hydrogens (tertiary/aromatic N) is 1. The predicted octanol–water partition coefficient (Wildman–Crippen LogP) is 0.835. The van der Waals surface area contributed by atoms with E-state index < -0.39 is 5.91 Å². The Hall–Kier alpha value is -1.92. The number of carbonyl (C=O) groups is 2. The van der Waals surface area contributed by atoms with Gasteiger partial charge in [-0.2, -0.15) is 0 Å². The first-order valence-electron chi connectivity index (χ1n) is 7.08. The van der Waals surface area contributed by atoms with Crippen molar-refractivity contribution in [3.8, 4) is 0 Å². The Labute approximate surface area is 124 Å². The lowest BCUT2D eigenvalue weighted by atomic mass is 10.2. The quantitative estimate of drug-likeness (QED) is 0.860. The predicted molar refractivity (Wildman–Crippen MR) is 80.1 cm³/mol. The van der Waals surface area contributed by atoms with Crippen LogP contribution in [-0.4, -0.2) is 49.1 Å². The molecule has 0 aromatic heterocycles. The van der Waals surface area contributed by atoms with Gasteiger partial charge >= 0.3 is 0 Å². The van der Waals surface area contributed by atoms with Crippen LogP contribution < -0.4 is 11.1 Å². The molecule has 0 spiro atoms. The van der Waals surface area contributed by atoms with Crippen molar-refractivity contribution in [3.05, 3.63) is 29.8 Å². The Bertz CT molecular complexity index is 501. The second-order valence-corrected chi connectivity index (χ2v) is 5.26. The lowest BCUT2D eigenvalue weighted by molar-refractivity contribution is -0.117. The van der Waals surface area contributed by atoms with E-state index in [4.69, 9.17) is 10.5 Å². The van der Waals surface area contributed by atoms with E-state index >= 15 is 0 Å². The molecule has 2 amide bonds. The Morgan fingerprint density at radius 2 is 2.10 bits per heavy atom. The molecule has 0 saturated carbocycles. The molecule has 114 valence electrons. The van der Waals surface area contributed by atoms with Crippen LogP contribution in [-0.2, 0) is 9.53 Å². The fraction of sp³-hybridized carbons (Fsp3) is 0.467. The van der Waals surface area contributed by atoms with Gasteiger partial charge in [0.2, 0.25) is 11.8 Å². The van der Waals surface area contributed by atoms with Gasteiger partial charge in [0.1, 0.15) is 0 Å². The summed E-state index contributed by atoms with van der Waals surface area (Å²) in [6.45, 7) is 4.71. The van der Waals surface area contributed by atoms with Crippen LogP contribution in [0.25, 0.3) is 0 Å². The topological polar surface area (TPSA) is 84.7 Å². The number of hydrogen-bond acceptors (Lipinski definition) is 4. The molecule has 6 nitrogen and oxygen atoms in total. The number of hydrogen-bond donors (Lipinski definition) is 2. The first kappa shape index (κ1) is 15.5. The van der Waals surface area contributed by atoms with E-state index in [1.165, 1.54) is 0 Å². The smallest absolute Gasteiger partial charge is 0.248 e. The monoisotopic (exact) mass is 291 g/mol. The minimum Gasteiger partial charge on any atom is -0.377 e. The number of nitrogens with two attached hydrogens (primary N) is 1. The minimum atomic E-state index is -0.480. The molecule has 1 saturated heterocycles. The van der Waals surface area contributed by atoms with E-state index in [9.17, 15) is 9.59 Å². The summed E-state index contributed by atoms with van der Waals surface area (Å²) >= 11 is 0. The summed E-state index contributed by atoms with van der Waals surface area (Å²) in [5, 5.41) is 2.82. The van der Waals surface area contributed by atoms with E-state index in [-0.39, 0.29) is 12.0 Å². The van der Waals surface area contributed by atoms with Gasteiger partial charge in [-0.1, -0.05) is 0 Å². The number of anilines is 1. The summed E-state index contributed by atoms with van der Waals surface area (Å²) in [4.78, 5) is 25.1. The van der Waals surface area contributed by atoms with Crippen LogP contribution in [0.2, 0.25) is 0 Å². The molecule has 1 aromatic rings. The highest BCUT2D eigenvalue weighted by Gasteiger charge is 2.17. The number of benzene rings is 1. The van der Waals surface area contributed by atoms with Gasteiger partial charge in [-0.05, 0) is 37.6 Å². The zero-order valence-electron chi connectivity index (χ0n) is 12.2. The van der Waals surface area contributed by atoms with Crippen LogP contribution in [0.15, 0.2) is 24.3 Å². The molecule has 1 atom stereocenters. The normalized spacial score (nSPS) is 19.8. The van der Waals surface area contributed by atoms with Crippen molar-refractivity contribution >= 4 is 17.5 Å². The maximum Gasteiger partial charge on any atom is 0.248 e. The molecule has 6 heteroatoms. The molecule has 1 heterocycles. The fourth-order valence-electron chi connectivity index (χ4n) is 2.35. The number of nitrogens with one attached hydrogen (secondary N) is 1. The van der Waals surface area contributed by atoms with Crippen LogP contribution in [0.4, 0.5) is 5.69 Å². The van der Waals surface area contributed by atoms with Crippen molar-refractivity contribution in [3.63, 3.8) is 0 Å². The summed E-state index contributed by atoms with van der Waals surface area (Å²) in [6.07, 6.45) is 1.08. The highest BCUT2D eigenvalue weighted by molar-refractivity contribution is 5.95. The van der Waals surface area contributed by atoms with Crippen molar-refractivity contribution in [1.82, 2.24) is 4.90 Å². The molecule has 1 aromatic carbocycles. The summed E-state index contributed by atoms with van der Waals surface area (Å²) in [5.74, 6) is -0.553. The first-order valence-corrected chi connectivity index (χ1v) is 7.08. The zero-order valence-corrected chi connectivity index (χ0v) is 12.2. The van der Waals surface area contributed by atoms with Crippen molar-refractivity contribution in [2.24, 2.45) is 5.73 Å². The van der Waals surface area contributed by atoms with Gasteiger partial charge in [-0.25, -0.2) is 0 Å². The molecule has 0 unspecified atom stereocenters. The summed E-state index contributed by atoms with van der Waals surface area (Å²) in [5.41, 5.74) is 6.25. The number of rotatable bonds is 4. The Morgan fingerprint density at radius 1 is 1.38 bits per heavy atom. The maximum absolute atomic E-state index is 12.0. The van der Waals surface area contributed by atoms with Crippen molar-refractivity contribution in [2.45, 2.75) is 19.4 Å². The van der Waals surface area contributed by atoms with E-state index in [2.05, 4.69) is 10.2 Å². The number of carbonyl (C=O) groups excluding carboxylic acids is 2. The zero-order chi connectivity index (χ0) is 15.2. The molecule has 2 rings (SSSR count). The van der Waals surface area contributed by atoms with Crippen LogP contribution in [0.5, 0.6) is 0 Å². The number of primary amides is 1. The number of amides is 2. The molecular formula is C15H21N3O3. The molecule has 0 bridgehead atoms. The van der Waals surface area contributed by atoms with E-state index in [0.29, 0.717) is 17.8 Å². The van der Waals surface area contributed by atoms with Crippen LogP contribution in [0.3, 0.4) is 0 Å². The van der Waals surface area contributed by atoms with Gasteiger partial charge in [0.05, 0.1) is 12.6 Å². The average Bonchev–Trinajstić information content (AvgIpc) is 2.63. The van der Waals surface area contributed by atoms with Crippen molar-refractivity contribution in [1.29, 1.82) is 0 Å². The summed E-state index contributed by atoms with van der Waals surface area (Å²) in [7, 11) is 0. The molecule has 0 aliphatic carbocycles. The van der Waals surface area contributed by atoms with E-state index in [0.717, 1.165) is 26.1 Å². The van der Waals surface area contributed by atoms with Gasteiger partial charge in [-0.15, -0.1) is 0 Å². The molecule has 1 aliphatic rings. The van der Waals surface area contributed by atoms with E-state index in [1.807, 2.05) is 6.92 Å². The van der Waals surface area contributed by atoms with Gasteiger partial charge in [-0.3, -0.25) is 14.5 Å². The largest absolute Gasteiger partial charge is 0.377 e. The standard InChI is InChI=1S/C15H21N3O3/c1-11-9-18(7-2-8-21-11)10-14(19)17-13-5-3-12(4-6-13)15(16)20/h3-6,11H,2,7-10H2,1H3,(H2,16,20)(H,17,19)/t11-/m1/s1. The highest BCUT2D eigenvalue weighted by Crippen LogP contribution is 2.10. The van der Waals surface area contributed by atoms with Crippen LogP contribution in [0.1, 0.15) is 23.7 Å². The Kier molecular flexibility index (Phi) is 5.30. The second-order valence-electron chi connectivity index (χ2n) is 5.26.